The average Bonchev–Trinajstić information content (AvgIpc) is 2.96. The molecule has 2 heterocycles. The smallest absolute Gasteiger partial charge is 0.278 e. The SMILES string of the molecule is Cc1cc2nc(SCC(=O)NCc3ccccc3)n(C)c(=O)c2[nH]1. The minimum atomic E-state index is -0.139. The Balaban J connectivity index is 1.66. The number of rotatable bonds is 5. The summed E-state index contributed by atoms with van der Waals surface area (Å²) in [4.78, 5) is 31.8. The number of amides is 1. The summed E-state index contributed by atoms with van der Waals surface area (Å²) < 4.78 is 1.47. The van der Waals surface area contributed by atoms with E-state index >= 15 is 0 Å². The molecule has 0 saturated heterocycles. The second kappa shape index (κ2) is 6.92. The van der Waals surface area contributed by atoms with Crippen molar-refractivity contribution in [3.8, 4) is 0 Å². The van der Waals surface area contributed by atoms with E-state index in [1.807, 2.05) is 43.3 Å². The summed E-state index contributed by atoms with van der Waals surface area (Å²) in [6.07, 6.45) is 0. The van der Waals surface area contributed by atoms with E-state index in [2.05, 4.69) is 15.3 Å². The molecule has 0 unspecified atom stereocenters. The molecule has 0 bridgehead atoms. The van der Waals surface area contributed by atoms with Gasteiger partial charge in [0.15, 0.2) is 5.16 Å². The molecule has 24 heavy (non-hydrogen) atoms. The van der Waals surface area contributed by atoms with Gasteiger partial charge in [0.25, 0.3) is 5.56 Å². The lowest BCUT2D eigenvalue weighted by Gasteiger charge is -2.08. The largest absolute Gasteiger partial charge is 0.353 e. The number of benzene rings is 1. The number of fused-ring (bicyclic) bond motifs is 1. The van der Waals surface area contributed by atoms with E-state index in [9.17, 15) is 9.59 Å². The first-order chi connectivity index (χ1) is 11.5. The Bertz CT molecular complexity index is 931. The van der Waals surface area contributed by atoms with Crippen molar-refractivity contribution in [1.29, 1.82) is 0 Å². The number of aromatic amines is 1. The normalized spacial score (nSPS) is 10.9. The van der Waals surface area contributed by atoms with Crippen molar-refractivity contribution in [3.63, 3.8) is 0 Å². The molecule has 7 heteroatoms. The molecule has 0 fully saturated rings. The highest BCUT2D eigenvalue weighted by Crippen LogP contribution is 2.17. The average molecular weight is 342 g/mol. The number of hydrogen-bond acceptors (Lipinski definition) is 4. The number of aromatic nitrogens is 3. The Kier molecular flexibility index (Phi) is 4.71. The van der Waals surface area contributed by atoms with Gasteiger partial charge in [-0.2, -0.15) is 0 Å². The fourth-order valence-corrected chi connectivity index (χ4v) is 3.17. The van der Waals surface area contributed by atoms with Crippen LogP contribution in [-0.4, -0.2) is 26.2 Å². The van der Waals surface area contributed by atoms with Crippen LogP contribution >= 0.6 is 11.8 Å². The fourth-order valence-electron chi connectivity index (χ4n) is 2.37. The van der Waals surface area contributed by atoms with E-state index in [0.29, 0.717) is 22.7 Å². The highest BCUT2D eigenvalue weighted by Gasteiger charge is 2.12. The monoisotopic (exact) mass is 342 g/mol. The molecule has 0 radical (unpaired) electrons. The van der Waals surface area contributed by atoms with Crippen LogP contribution in [0.3, 0.4) is 0 Å². The van der Waals surface area contributed by atoms with Gasteiger partial charge in [-0.05, 0) is 18.6 Å². The number of thioether (sulfide) groups is 1. The second-order valence-corrected chi connectivity index (χ2v) is 6.46. The summed E-state index contributed by atoms with van der Waals surface area (Å²) >= 11 is 1.25. The number of hydrogen-bond donors (Lipinski definition) is 2. The van der Waals surface area contributed by atoms with Gasteiger partial charge in [0, 0.05) is 19.3 Å². The van der Waals surface area contributed by atoms with Crippen LogP contribution in [0.5, 0.6) is 0 Å². The van der Waals surface area contributed by atoms with Crippen LogP contribution in [0.2, 0.25) is 0 Å². The van der Waals surface area contributed by atoms with Crippen molar-refractivity contribution in [2.75, 3.05) is 5.75 Å². The molecular weight excluding hydrogens is 324 g/mol. The van der Waals surface area contributed by atoms with E-state index in [1.54, 1.807) is 7.05 Å². The van der Waals surface area contributed by atoms with Crippen molar-refractivity contribution in [2.45, 2.75) is 18.6 Å². The maximum Gasteiger partial charge on any atom is 0.278 e. The standard InChI is InChI=1S/C17H18N4O2S/c1-11-8-13-15(19-11)16(23)21(2)17(20-13)24-10-14(22)18-9-12-6-4-3-5-7-12/h3-8,19H,9-10H2,1-2H3,(H,18,22). The van der Waals surface area contributed by atoms with E-state index in [1.165, 1.54) is 16.3 Å². The molecule has 0 saturated carbocycles. The van der Waals surface area contributed by atoms with Crippen LogP contribution in [0, 0.1) is 6.92 Å². The van der Waals surface area contributed by atoms with Crippen LogP contribution in [-0.2, 0) is 18.4 Å². The lowest BCUT2D eigenvalue weighted by Crippen LogP contribution is -2.25. The van der Waals surface area contributed by atoms with Crippen LogP contribution in [0.1, 0.15) is 11.3 Å². The van der Waals surface area contributed by atoms with Crippen molar-refractivity contribution in [1.82, 2.24) is 19.9 Å². The first-order valence-electron chi connectivity index (χ1n) is 7.54. The van der Waals surface area contributed by atoms with Gasteiger partial charge in [0.2, 0.25) is 5.91 Å². The third kappa shape index (κ3) is 3.51. The molecule has 1 amide bonds. The zero-order valence-corrected chi connectivity index (χ0v) is 14.3. The van der Waals surface area contributed by atoms with Gasteiger partial charge in [0.1, 0.15) is 5.52 Å². The molecule has 3 aromatic rings. The molecule has 2 N–H and O–H groups in total. The van der Waals surface area contributed by atoms with Crippen LogP contribution < -0.4 is 10.9 Å². The van der Waals surface area contributed by atoms with Gasteiger partial charge in [-0.15, -0.1) is 0 Å². The molecule has 0 aliphatic carbocycles. The van der Waals surface area contributed by atoms with Crippen molar-refractivity contribution < 1.29 is 4.79 Å². The van der Waals surface area contributed by atoms with Gasteiger partial charge in [-0.1, -0.05) is 42.1 Å². The lowest BCUT2D eigenvalue weighted by atomic mass is 10.2. The van der Waals surface area contributed by atoms with Crippen molar-refractivity contribution in [3.05, 3.63) is 58.0 Å². The number of carbonyl (C=O) groups excluding carboxylic acids is 1. The van der Waals surface area contributed by atoms with Gasteiger partial charge >= 0.3 is 0 Å². The predicted octanol–water partition coefficient (Wildman–Crippen LogP) is 1.98. The van der Waals surface area contributed by atoms with Gasteiger partial charge in [-0.3, -0.25) is 14.2 Å². The molecule has 124 valence electrons. The molecule has 0 aliphatic rings. The van der Waals surface area contributed by atoms with E-state index in [-0.39, 0.29) is 17.2 Å². The summed E-state index contributed by atoms with van der Waals surface area (Å²) in [6, 6.07) is 11.6. The first kappa shape index (κ1) is 16.3. The first-order valence-corrected chi connectivity index (χ1v) is 8.53. The fraction of sp³-hybridized carbons (Fsp3) is 0.235. The third-order valence-corrected chi connectivity index (χ3v) is 4.65. The van der Waals surface area contributed by atoms with E-state index < -0.39 is 0 Å². The maximum absolute atomic E-state index is 12.3. The molecule has 0 spiro atoms. The van der Waals surface area contributed by atoms with Crippen LogP contribution in [0.4, 0.5) is 0 Å². The zero-order valence-electron chi connectivity index (χ0n) is 13.5. The van der Waals surface area contributed by atoms with Crippen molar-refractivity contribution in [2.24, 2.45) is 7.05 Å². The Morgan fingerprint density at radius 2 is 2.08 bits per heavy atom. The quantitative estimate of drug-likeness (QED) is 0.549. The lowest BCUT2D eigenvalue weighted by molar-refractivity contribution is -0.118. The zero-order chi connectivity index (χ0) is 17.1. The van der Waals surface area contributed by atoms with E-state index in [0.717, 1.165) is 11.3 Å². The number of H-pyrrole nitrogens is 1. The minimum absolute atomic E-state index is 0.0940. The molecule has 1 aromatic carbocycles. The van der Waals surface area contributed by atoms with E-state index in [4.69, 9.17) is 0 Å². The second-order valence-electron chi connectivity index (χ2n) is 5.52. The van der Waals surface area contributed by atoms with Crippen LogP contribution in [0.25, 0.3) is 11.0 Å². The summed E-state index contributed by atoms with van der Waals surface area (Å²) in [5.41, 5.74) is 2.92. The number of carbonyl (C=O) groups is 1. The van der Waals surface area contributed by atoms with Gasteiger partial charge in [-0.25, -0.2) is 4.98 Å². The maximum atomic E-state index is 12.3. The number of nitrogens with zero attached hydrogens (tertiary/aromatic N) is 2. The molecule has 3 rings (SSSR count). The highest BCUT2D eigenvalue weighted by atomic mass is 32.2. The molecule has 0 aliphatic heterocycles. The topological polar surface area (TPSA) is 79.8 Å². The highest BCUT2D eigenvalue weighted by molar-refractivity contribution is 7.99. The molecular formula is C17H18N4O2S. The van der Waals surface area contributed by atoms with Crippen LogP contribution in [0.15, 0.2) is 46.3 Å². The molecule has 0 atom stereocenters. The van der Waals surface area contributed by atoms with Crippen molar-refractivity contribution >= 4 is 28.7 Å². The Labute approximate surface area is 143 Å². The summed E-state index contributed by atoms with van der Waals surface area (Å²) in [6.45, 7) is 2.37. The molecule has 6 nitrogen and oxygen atoms in total. The Morgan fingerprint density at radius 1 is 1.33 bits per heavy atom. The van der Waals surface area contributed by atoms with Gasteiger partial charge < -0.3 is 10.3 Å². The number of aryl methyl sites for hydroxylation is 1. The minimum Gasteiger partial charge on any atom is -0.353 e. The van der Waals surface area contributed by atoms with Gasteiger partial charge in [0.05, 0.1) is 11.3 Å². The summed E-state index contributed by atoms with van der Waals surface area (Å²) in [5.74, 6) is 0.116. The Hall–Kier alpha value is -2.54. The summed E-state index contributed by atoms with van der Waals surface area (Å²) in [5, 5.41) is 3.39. The predicted molar refractivity (Wildman–Crippen MR) is 95.1 cm³/mol. The molecule has 2 aromatic heterocycles. The third-order valence-electron chi connectivity index (χ3n) is 3.62. The number of nitrogens with one attached hydrogen (secondary N) is 2. The summed E-state index contributed by atoms with van der Waals surface area (Å²) in [7, 11) is 1.66. The Morgan fingerprint density at radius 3 is 2.83 bits per heavy atom.